The maximum Gasteiger partial charge on any atom is 0.159 e. The standard InChI is InChI=1S/C24H21Cl2F2N/c25-19-5-3-18(4-6-19)24-12-2-17(13-16-1-11-22(27)23(28)14-16)15-29(24)21-9-7-20(26)8-10-21/h1,3-11,14,17,24H,2,12-13,15H2/t17-,24+/m0/s1. The van der Waals surface area contributed by atoms with Crippen LogP contribution in [0.15, 0.2) is 66.7 Å². The summed E-state index contributed by atoms with van der Waals surface area (Å²) in [5, 5.41) is 1.42. The normalized spacial score (nSPS) is 19.4. The Balaban J connectivity index is 1.59. The number of anilines is 1. The van der Waals surface area contributed by atoms with Gasteiger partial charge in [0.15, 0.2) is 11.6 Å². The van der Waals surface area contributed by atoms with Crippen molar-refractivity contribution in [2.24, 2.45) is 5.92 Å². The van der Waals surface area contributed by atoms with Crippen molar-refractivity contribution < 1.29 is 8.78 Å². The minimum Gasteiger partial charge on any atom is -0.364 e. The van der Waals surface area contributed by atoms with Gasteiger partial charge < -0.3 is 4.90 Å². The molecule has 3 aromatic carbocycles. The molecule has 0 amide bonds. The molecule has 1 nitrogen and oxygen atoms in total. The third-order valence-corrected chi connectivity index (χ3v) is 6.10. The summed E-state index contributed by atoms with van der Waals surface area (Å²) >= 11 is 12.2. The molecule has 0 bridgehead atoms. The second-order valence-corrected chi connectivity index (χ2v) is 8.46. The van der Waals surface area contributed by atoms with E-state index in [0.29, 0.717) is 17.4 Å². The van der Waals surface area contributed by atoms with Gasteiger partial charge in [-0.15, -0.1) is 0 Å². The Bertz CT molecular complexity index is 973. The number of rotatable bonds is 4. The first kappa shape index (κ1) is 20.2. The van der Waals surface area contributed by atoms with Gasteiger partial charge in [0, 0.05) is 22.3 Å². The van der Waals surface area contributed by atoms with Gasteiger partial charge in [-0.05, 0) is 84.8 Å². The zero-order chi connectivity index (χ0) is 20.4. The summed E-state index contributed by atoms with van der Waals surface area (Å²) in [6, 6.07) is 20.3. The van der Waals surface area contributed by atoms with Gasteiger partial charge in [0.2, 0.25) is 0 Å². The first-order chi connectivity index (χ1) is 14.0. The number of hydrogen-bond acceptors (Lipinski definition) is 1. The SMILES string of the molecule is Fc1ccc(C[C@@H]2CC[C@H](c3ccc(Cl)cc3)N(c3ccc(Cl)cc3)C2)cc1F. The lowest BCUT2D eigenvalue weighted by Crippen LogP contribution is -2.39. The van der Waals surface area contributed by atoms with Crippen molar-refractivity contribution in [3.05, 3.63) is 99.5 Å². The molecule has 1 aliphatic rings. The van der Waals surface area contributed by atoms with Crippen LogP contribution >= 0.6 is 23.2 Å². The minimum absolute atomic E-state index is 0.231. The van der Waals surface area contributed by atoms with Crippen LogP contribution < -0.4 is 4.90 Å². The van der Waals surface area contributed by atoms with E-state index in [2.05, 4.69) is 17.0 Å². The lowest BCUT2D eigenvalue weighted by Gasteiger charge is -2.42. The molecule has 4 rings (SSSR count). The van der Waals surface area contributed by atoms with E-state index in [-0.39, 0.29) is 6.04 Å². The Labute approximate surface area is 179 Å². The second-order valence-electron chi connectivity index (χ2n) is 7.59. The monoisotopic (exact) mass is 431 g/mol. The van der Waals surface area contributed by atoms with Crippen molar-refractivity contribution in [1.82, 2.24) is 0 Å². The fourth-order valence-electron chi connectivity index (χ4n) is 4.16. The van der Waals surface area contributed by atoms with Crippen LogP contribution in [0.25, 0.3) is 0 Å². The lowest BCUT2D eigenvalue weighted by atomic mass is 9.85. The molecule has 150 valence electrons. The van der Waals surface area contributed by atoms with Gasteiger partial charge in [0.25, 0.3) is 0 Å². The zero-order valence-electron chi connectivity index (χ0n) is 15.8. The van der Waals surface area contributed by atoms with Crippen molar-refractivity contribution in [3.8, 4) is 0 Å². The molecule has 0 aliphatic carbocycles. The molecule has 1 heterocycles. The van der Waals surface area contributed by atoms with Crippen LogP contribution in [-0.2, 0) is 6.42 Å². The summed E-state index contributed by atoms with van der Waals surface area (Å²) < 4.78 is 26.9. The van der Waals surface area contributed by atoms with E-state index < -0.39 is 11.6 Å². The summed E-state index contributed by atoms with van der Waals surface area (Å²) in [6.45, 7) is 0.827. The maximum absolute atomic E-state index is 13.6. The molecule has 5 heteroatoms. The number of hydrogen-bond donors (Lipinski definition) is 0. The lowest BCUT2D eigenvalue weighted by molar-refractivity contribution is 0.357. The molecule has 0 unspecified atom stereocenters. The number of nitrogens with zero attached hydrogens (tertiary/aromatic N) is 1. The molecule has 0 saturated carbocycles. The highest BCUT2D eigenvalue weighted by Crippen LogP contribution is 2.38. The Morgan fingerprint density at radius 1 is 0.793 bits per heavy atom. The fourth-order valence-corrected chi connectivity index (χ4v) is 4.41. The summed E-state index contributed by atoms with van der Waals surface area (Å²) in [5.74, 6) is -1.24. The first-order valence-electron chi connectivity index (χ1n) is 9.71. The highest BCUT2D eigenvalue weighted by molar-refractivity contribution is 6.30. The van der Waals surface area contributed by atoms with E-state index >= 15 is 0 Å². The maximum atomic E-state index is 13.6. The van der Waals surface area contributed by atoms with Gasteiger partial charge in [-0.25, -0.2) is 8.78 Å². The van der Waals surface area contributed by atoms with Crippen molar-refractivity contribution in [2.75, 3.05) is 11.4 Å². The minimum atomic E-state index is -0.803. The third-order valence-electron chi connectivity index (χ3n) is 5.60. The van der Waals surface area contributed by atoms with Crippen molar-refractivity contribution in [3.63, 3.8) is 0 Å². The Hall–Kier alpha value is -2.10. The highest BCUT2D eigenvalue weighted by Gasteiger charge is 2.30. The molecule has 3 aromatic rings. The van der Waals surface area contributed by atoms with Crippen LogP contribution in [0.2, 0.25) is 10.0 Å². The van der Waals surface area contributed by atoms with Crippen molar-refractivity contribution >= 4 is 28.9 Å². The van der Waals surface area contributed by atoms with Gasteiger partial charge in [-0.2, -0.15) is 0 Å². The largest absolute Gasteiger partial charge is 0.364 e. The Morgan fingerprint density at radius 2 is 1.45 bits per heavy atom. The van der Waals surface area contributed by atoms with E-state index in [0.717, 1.165) is 35.7 Å². The van der Waals surface area contributed by atoms with Crippen LogP contribution in [0.1, 0.15) is 30.0 Å². The number of halogens is 4. The van der Waals surface area contributed by atoms with Gasteiger partial charge >= 0.3 is 0 Å². The van der Waals surface area contributed by atoms with E-state index in [1.807, 2.05) is 36.4 Å². The van der Waals surface area contributed by atoms with Crippen molar-refractivity contribution in [2.45, 2.75) is 25.3 Å². The second kappa shape index (κ2) is 8.73. The summed E-state index contributed by atoms with van der Waals surface area (Å²) in [6.07, 6.45) is 2.70. The van der Waals surface area contributed by atoms with Crippen LogP contribution in [0, 0.1) is 17.6 Å². The Kier molecular flexibility index (Phi) is 6.07. The predicted octanol–water partition coefficient (Wildman–Crippen LogP) is 7.47. The average molecular weight is 432 g/mol. The van der Waals surface area contributed by atoms with Gasteiger partial charge in [-0.3, -0.25) is 0 Å². The first-order valence-corrected chi connectivity index (χ1v) is 10.5. The number of benzene rings is 3. The molecular formula is C24H21Cl2F2N. The van der Waals surface area contributed by atoms with E-state index in [4.69, 9.17) is 23.2 Å². The zero-order valence-corrected chi connectivity index (χ0v) is 17.3. The molecule has 0 N–H and O–H groups in total. The Morgan fingerprint density at radius 3 is 2.10 bits per heavy atom. The van der Waals surface area contributed by atoms with E-state index in [9.17, 15) is 8.78 Å². The van der Waals surface area contributed by atoms with E-state index in [1.165, 1.54) is 17.7 Å². The molecule has 1 aliphatic heterocycles. The van der Waals surface area contributed by atoms with Crippen LogP contribution in [0.3, 0.4) is 0 Å². The number of piperidine rings is 1. The predicted molar refractivity (Wildman–Crippen MR) is 116 cm³/mol. The van der Waals surface area contributed by atoms with Crippen LogP contribution in [0.4, 0.5) is 14.5 Å². The summed E-state index contributed by atoms with van der Waals surface area (Å²) in [4.78, 5) is 2.38. The van der Waals surface area contributed by atoms with Crippen LogP contribution in [-0.4, -0.2) is 6.54 Å². The fraction of sp³-hybridized carbons (Fsp3) is 0.250. The quantitative estimate of drug-likeness (QED) is 0.413. The van der Waals surface area contributed by atoms with Crippen LogP contribution in [0.5, 0.6) is 0 Å². The van der Waals surface area contributed by atoms with Gasteiger partial charge in [0.05, 0.1) is 6.04 Å². The molecule has 2 atom stereocenters. The smallest absolute Gasteiger partial charge is 0.159 e. The van der Waals surface area contributed by atoms with Crippen molar-refractivity contribution in [1.29, 1.82) is 0 Å². The molecule has 1 fully saturated rings. The van der Waals surface area contributed by atoms with Gasteiger partial charge in [0.1, 0.15) is 0 Å². The van der Waals surface area contributed by atoms with Gasteiger partial charge in [-0.1, -0.05) is 41.4 Å². The highest BCUT2D eigenvalue weighted by atomic mass is 35.5. The molecule has 0 radical (unpaired) electrons. The third kappa shape index (κ3) is 4.73. The average Bonchev–Trinajstić information content (AvgIpc) is 2.72. The summed E-state index contributed by atoms with van der Waals surface area (Å²) in [5.41, 5.74) is 3.15. The molecule has 1 saturated heterocycles. The molecule has 29 heavy (non-hydrogen) atoms. The summed E-state index contributed by atoms with van der Waals surface area (Å²) in [7, 11) is 0. The van der Waals surface area contributed by atoms with E-state index in [1.54, 1.807) is 6.07 Å². The molecular weight excluding hydrogens is 411 g/mol. The molecule has 0 spiro atoms. The molecule has 0 aromatic heterocycles. The topological polar surface area (TPSA) is 3.24 Å².